The summed E-state index contributed by atoms with van der Waals surface area (Å²) in [7, 11) is 1.67. The molecule has 1 N–H and O–H groups in total. The highest BCUT2D eigenvalue weighted by Gasteiger charge is 2.61. The molecule has 0 spiro atoms. The first kappa shape index (κ1) is 18.2. The highest BCUT2D eigenvalue weighted by molar-refractivity contribution is 7.13. The maximum Gasteiger partial charge on any atom is 0.338 e. The molecule has 0 aromatic carbocycles. The lowest BCUT2D eigenvalue weighted by Crippen LogP contribution is -2.26. The van der Waals surface area contributed by atoms with Gasteiger partial charge in [0.25, 0.3) is 0 Å². The molecular weight excluding hydrogens is 316 g/mol. The maximum atomic E-state index is 11.3. The summed E-state index contributed by atoms with van der Waals surface area (Å²) >= 11 is 1.60. The molecule has 1 aliphatic heterocycles. The van der Waals surface area contributed by atoms with Gasteiger partial charge < -0.3 is 19.3 Å². The van der Waals surface area contributed by atoms with Crippen LogP contribution in [0.4, 0.5) is 0 Å². The van der Waals surface area contributed by atoms with Crippen LogP contribution in [0.25, 0.3) is 0 Å². The van der Waals surface area contributed by atoms with Crippen LogP contribution >= 0.6 is 11.3 Å². The average Bonchev–Trinajstić information content (AvgIpc) is 3.09. The van der Waals surface area contributed by atoms with E-state index in [1.807, 2.05) is 19.1 Å². The van der Waals surface area contributed by atoms with E-state index in [-0.39, 0.29) is 6.10 Å². The Morgan fingerprint density at radius 1 is 1.35 bits per heavy atom. The van der Waals surface area contributed by atoms with E-state index < -0.39 is 11.6 Å². The Hall–Kier alpha value is -1.11. The van der Waals surface area contributed by atoms with Crippen molar-refractivity contribution in [2.24, 2.45) is 0 Å². The van der Waals surface area contributed by atoms with Crippen LogP contribution in [0.2, 0.25) is 0 Å². The molecule has 2 rings (SSSR count). The molecule has 0 saturated carbocycles. The lowest BCUT2D eigenvalue weighted by Gasteiger charge is -2.07. The Morgan fingerprint density at radius 2 is 2.13 bits per heavy atom. The molecule has 2 atom stereocenters. The largest absolute Gasteiger partial charge is 0.487 e. The molecule has 0 aliphatic carbocycles. The van der Waals surface area contributed by atoms with E-state index in [4.69, 9.17) is 14.2 Å². The molecule has 1 fully saturated rings. The van der Waals surface area contributed by atoms with Crippen molar-refractivity contribution in [2.75, 3.05) is 13.7 Å². The Balaban J connectivity index is 1.49. The van der Waals surface area contributed by atoms with Crippen molar-refractivity contribution >= 4 is 17.3 Å². The highest BCUT2D eigenvalue weighted by atomic mass is 32.1. The molecule has 5 nitrogen and oxygen atoms in total. The van der Waals surface area contributed by atoms with Crippen LogP contribution in [0.3, 0.4) is 0 Å². The van der Waals surface area contributed by atoms with Gasteiger partial charge in [0.1, 0.15) is 0 Å². The monoisotopic (exact) mass is 342 g/mol. The van der Waals surface area contributed by atoms with Gasteiger partial charge in [-0.3, -0.25) is 0 Å². The second kappa shape index (κ2) is 8.66. The van der Waals surface area contributed by atoms with Crippen LogP contribution in [0, 0.1) is 0 Å². The van der Waals surface area contributed by atoms with Gasteiger partial charge in [-0.2, -0.15) is 0 Å². The Morgan fingerprint density at radius 3 is 2.74 bits per heavy atom. The molecule has 0 radical (unpaired) electrons. The molecule has 2 unspecified atom stereocenters. The number of ether oxygens (including phenoxy) is 3. The van der Waals surface area contributed by atoms with E-state index in [1.165, 1.54) is 4.88 Å². The highest BCUT2D eigenvalue weighted by Crippen LogP contribution is 2.43. The molecule has 1 aliphatic rings. The molecule has 1 aromatic heterocycles. The molecule has 2 heterocycles. The zero-order valence-corrected chi connectivity index (χ0v) is 14.7. The summed E-state index contributed by atoms with van der Waals surface area (Å²) in [5.74, 6) is -0.806. The smallest absolute Gasteiger partial charge is 0.338 e. The van der Waals surface area contributed by atoms with Crippen molar-refractivity contribution < 1.29 is 24.1 Å². The minimum atomic E-state index is -0.885. The predicted molar refractivity (Wildman–Crippen MR) is 89.1 cm³/mol. The molecule has 0 bridgehead atoms. The van der Waals surface area contributed by atoms with E-state index in [1.54, 1.807) is 18.4 Å². The summed E-state index contributed by atoms with van der Waals surface area (Å²) < 4.78 is 16.2. The van der Waals surface area contributed by atoms with E-state index in [0.717, 1.165) is 43.8 Å². The Labute approximate surface area is 141 Å². The molecule has 23 heavy (non-hydrogen) atoms. The number of carboxylic acids is 1. The average molecular weight is 342 g/mol. The van der Waals surface area contributed by atoms with Crippen LogP contribution in [0.5, 0.6) is 5.06 Å². The Kier molecular flexibility index (Phi) is 6.87. The van der Waals surface area contributed by atoms with Crippen molar-refractivity contribution in [2.45, 2.75) is 63.8 Å². The molecule has 6 heteroatoms. The van der Waals surface area contributed by atoms with E-state index in [0.29, 0.717) is 13.0 Å². The fourth-order valence-electron chi connectivity index (χ4n) is 2.81. The SMILES string of the molecule is CCC1OC1(CCCCCCOCc1ccc(OC)s1)C(=O)O. The number of carboxylic acid groups (broad SMARTS) is 1. The summed E-state index contributed by atoms with van der Waals surface area (Å²) in [6.45, 7) is 3.33. The van der Waals surface area contributed by atoms with Gasteiger partial charge in [0.15, 0.2) is 10.7 Å². The molecule has 1 saturated heterocycles. The van der Waals surface area contributed by atoms with Gasteiger partial charge in [0.05, 0.1) is 19.8 Å². The second-order valence-corrected chi connectivity index (χ2v) is 6.98. The van der Waals surface area contributed by atoms with E-state index in [2.05, 4.69) is 0 Å². The number of methoxy groups -OCH3 is 1. The van der Waals surface area contributed by atoms with Crippen molar-refractivity contribution in [1.82, 2.24) is 0 Å². The maximum absolute atomic E-state index is 11.3. The summed E-state index contributed by atoms with van der Waals surface area (Å²) in [5, 5.41) is 10.2. The fraction of sp³-hybridized carbons (Fsp3) is 0.706. The predicted octanol–water partition coefficient (Wildman–Crippen LogP) is 3.86. The number of aliphatic carboxylic acids is 1. The minimum absolute atomic E-state index is 0.0916. The quantitative estimate of drug-likeness (QED) is 0.461. The molecule has 0 amide bonds. The van der Waals surface area contributed by atoms with Gasteiger partial charge in [0, 0.05) is 11.5 Å². The van der Waals surface area contributed by atoms with E-state index >= 15 is 0 Å². The number of unbranched alkanes of at least 4 members (excludes halogenated alkanes) is 3. The van der Waals surface area contributed by atoms with Gasteiger partial charge in [-0.1, -0.05) is 19.8 Å². The third kappa shape index (κ3) is 4.93. The lowest BCUT2D eigenvalue weighted by atomic mass is 9.96. The van der Waals surface area contributed by atoms with Crippen LogP contribution in [-0.4, -0.2) is 36.5 Å². The summed E-state index contributed by atoms with van der Waals surface area (Å²) in [6, 6.07) is 3.97. The summed E-state index contributed by atoms with van der Waals surface area (Å²) in [5.41, 5.74) is -0.885. The van der Waals surface area contributed by atoms with Gasteiger partial charge in [-0.05, 0) is 37.8 Å². The number of carbonyl (C=O) groups is 1. The van der Waals surface area contributed by atoms with Crippen molar-refractivity contribution in [3.8, 4) is 5.06 Å². The van der Waals surface area contributed by atoms with E-state index in [9.17, 15) is 9.90 Å². The zero-order valence-electron chi connectivity index (χ0n) is 13.9. The fourth-order valence-corrected chi connectivity index (χ4v) is 3.57. The topological polar surface area (TPSA) is 68.3 Å². The normalized spacial score (nSPS) is 23.0. The second-order valence-electron chi connectivity index (χ2n) is 5.85. The summed E-state index contributed by atoms with van der Waals surface area (Å²) in [6.07, 6.45) is 5.27. The van der Waals surface area contributed by atoms with Crippen LogP contribution < -0.4 is 4.74 Å². The van der Waals surface area contributed by atoms with Crippen molar-refractivity contribution in [3.63, 3.8) is 0 Å². The number of hydrogen-bond acceptors (Lipinski definition) is 5. The van der Waals surface area contributed by atoms with Gasteiger partial charge >= 0.3 is 5.97 Å². The first-order chi connectivity index (χ1) is 11.1. The van der Waals surface area contributed by atoms with Crippen LogP contribution in [-0.2, 0) is 20.9 Å². The lowest BCUT2D eigenvalue weighted by molar-refractivity contribution is -0.143. The number of thiophene rings is 1. The zero-order chi connectivity index (χ0) is 16.7. The first-order valence-corrected chi connectivity index (χ1v) is 9.05. The number of epoxide rings is 1. The van der Waals surface area contributed by atoms with Crippen molar-refractivity contribution in [3.05, 3.63) is 17.0 Å². The number of rotatable bonds is 12. The molecule has 130 valence electrons. The third-order valence-corrected chi connectivity index (χ3v) is 5.24. The summed E-state index contributed by atoms with van der Waals surface area (Å²) in [4.78, 5) is 12.4. The Bertz CT molecular complexity index is 501. The van der Waals surface area contributed by atoms with Crippen molar-refractivity contribution in [1.29, 1.82) is 0 Å². The van der Waals surface area contributed by atoms with Crippen LogP contribution in [0.1, 0.15) is 50.3 Å². The third-order valence-electron chi connectivity index (χ3n) is 4.22. The molecular formula is C17H26O5S. The molecule has 1 aromatic rings. The first-order valence-electron chi connectivity index (χ1n) is 8.24. The van der Waals surface area contributed by atoms with Crippen LogP contribution in [0.15, 0.2) is 12.1 Å². The standard InChI is InChI=1S/C17H26O5S/c1-3-14-17(22-14,16(18)19)10-6-4-5-7-11-21-12-13-8-9-15(20-2)23-13/h8-9,14H,3-7,10-12H2,1-2H3,(H,18,19). The van der Waals surface area contributed by atoms with Gasteiger partial charge in [0.2, 0.25) is 0 Å². The number of hydrogen-bond donors (Lipinski definition) is 1. The minimum Gasteiger partial charge on any atom is -0.487 e. The van der Waals surface area contributed by atoms with Gasteiger partial charge in [-0.15, -0.1) is 11.3 Å². The van der Waals surface area contributed by atoms with Gasteiger partial charge in [-0.25, -0.2) is 4.79 Å².